The number of piperidine rings is 1. The number of carbonyl (C=O) groups is 1. The fourth-order valence-corrected chi connectivity index (χ4v) is 4.70. The molecule has 8 heteroatoms. The molecule has 2 aliphatic rings. The Labute approximate surface area is 160 Å². The van der Waals surface area contributed by atoms with E-state index in [1.54, 1.807) is 6.20 Å². The number of thioether (sulfide) groups is 1. The summed E-state index contributed by atoms with van der Waals surface area (Å²) >= 11 is 1.47. The van der Waals surface area contributed by atoms with Crippen LogP contribution in [0, 0.1) is 0 Å². The van der Waals surface area contributed by atoms with E-state index in [-0.39, 0.29) is 5.91 Å². The lowest BCUT2D eigenvalue weighted by Crippen LogP contribution is -2.47. The summed E-state index contributed by atoms with van der Waals surface area (Å²) in [7, 11) is 0. The third kappa shape index (κ3) is 3.07. The number of rotatable bonds is 3. The first-order valence-corrected chi connectivity index (χ1v) is 10.1. The molecule has 0 unspecified atom stereocenters. The molecule has 3 aromatic rings. The van der Waals surface area contributed by atoms with Crippen LogP contribution in [0.2, 0.25) is 0 Å². The van der Waals surface area contributed by atoms with Gasteiger partial charge in [-0.05, 0) is 24.3 Å². The molecule has 2 saturated heterocycles. The molecule has 0 bridgehead atoms. The quantitative estimate of drug-likeness (QED) is 0.646. The number of pyridine rings is 1. The van der Waals surface area contributed by atoms with Gasteiger partial charge in [0.25, 0.3) is 0 Å². The Bertz CT molecular complexity index is 989. The predicted molar refractivity (Wildman–Crippen MR) is 102 cm³/mol. The van der Waals surface area contributed by atoms with Crippen molar-refractivity contribution in [3.05, 3.63) is 36.7 Å². The summed E-state index contributed by atoms with van der Waals surface area (Å²) in [5, 5.41) is 0.829. The van der Waals surface area contributed by atoms with E-state index in [2.05, 4.69) is 14.4 Å². The number of likely N-dealkylation sites (tertiary alicyclic amines) is 1. The van der Waals surface area contributed by atoms with Crippen LogP contribution in [0.15, 0.2) is 41.7 Å². The Kier molecular flexibility index (Phi) is 4.26. The molecule has 5 heterocycles. The van der Waals surface area contributed by atoms with Gasteiger partial charge in [0.15, 0.2) is 11.4 Å². The Morgan fingerprint density at radius 1 is 1.15 bits per heavy atom. The summed E-state index contributed by atoms with van der Waals surface area (Å²) in [5.74, 6) is 0.0366. The van der Waals surface area contributed by atoms with Gasteiger partial charge in [0, 0.05) is 38.3 Å². The van der Waals surface area contributed by atoms with E-state index in [1.165, 1.54) is 11.8 Å². The van der Waals surface area contributed by atoms with E-state index in [0.29, 0.717) is 37.7 Å². The number of hydrogen-bond donors (Lipinski definition) is 0. The van der Waals surface area contributed by atoms with Crippen molar-refractivity contribution in [1.29, 1.82) is 0 Å². The van der Waals surface area contributed by atoms with Gasteiger partial charge in [-0.1, -0.05) is 11.8 Å². The maximum atomic E-state index is 12.7. The fraction of sp³-hybridized carbons (Fsp3) is 0.421. The molecule has 0 saturated carbocycles. The predicted octanol–water partition coefficient (Wildman–Crippen LogP) is 2.34. The summed E-state index contributed by atoms with van der Waals surface area (Å²) < 4.78 is 13.5. The highest BCUT2D eigenvalue weighted by atomic mass is 32.2. The lowest BCUT2D eigenvalue weighted by atomic mass is 10.0. The molecule has 140 valence electrons. The topological polar surface area (TPSA) is 69.0 Å². The minimum absolute atomic E-state index is 0.125. The van der Waals surface area contributed by atoms with Crippen molar-refractivity contribution in [3.63, 3.8) is 0 Å². The number of ether oxygens (including phenoxy) is 2. The van der Waals surface area contributed by atoms with Crippen molar-refractivity contribution in [2.24, 2.45) is 0 Å². The second-order valence-electron chi connectivity index (χ2n) is 6.80. The SMILES string of the molecule is O=C(CSc1nc2ncccc2n2cccc12)N1CCC2(CC1)OCCO2. The van der Waals surface area contributed by atoms with E-state index in [0.717, 1.165) is 28.9 Å². The van der Waals surface area contributed by atoms with E-state index in [4.69, 9.17) is 9.47 Å². The highest BCUT2D eigenvalue weighted by Crippen LogP contribution is 2.32. The van der Waals surface area contributed by atoms with Gasteiger partial charge in [-0.2, -0.15) is 0 Å². The third-order valence-electron chi connectivity index (χ3n) is 5.22. The minimum Gasteiger partial charge on any atom is -0.347 e. The van der Waals surface area contributed by atoms with Crippen LogP contribution in [0.4, 0.5) is 0 Å². The first kappa shape index (κ1) is 17.0. The largest absolute Gasteiger partial charge is 0.347 e. The standard InChI is InChI=1S/C19H20N4O3S/c24-16(22-9-5-19(6-10-22)25-11-12-26-19)13-27-18-15-4-2-8-23(15)14-3-1-7-20-17(14)21-18/h1-4,7-8H,5-6,9-13H2. The molecule has 0 N–H and O–H groups in total. The average molecular weight is 384 g/mol. The van der Waals surface area contributed by atoms with Crippen LogP contribution >= 0.6 is 11.8 Å². The van der Waals surface area contributed by atoms with E-state index < -0.39 is 5.79 Å². The van der Waals surface area contributed by atoms with Gasteiger partial charge in [0.2, 0.25) is 5.91 Å². The molecular formula is C19H20N4O3S. The molecule has 2 fully saturated rings. The van der Waals surface area contributed by atoms with Gasteiger partial charge in [0.05, 0.1) is 30.0 Å². The summed E-state index contributed by atoms with van der Waals surface area (Å²) in [5.41, 5.74) is 2.65. The maximum Gasteiger partial charge on any atom is 0.232 e. The minimum atomic E-state index is -0.451. The first-order chi connectivity index (χ1) is 13.2. The maximum absolute atomic E-state index is 12.7. The zero-order valence-electron chi connectivity index (χ0n) is 14.8. The van der Waals surface area contributed by atoms with Crippen molar-refractivity contribution in [2.45, 2.75) is 23.7 Å². The highest BCUT2D eigenvalue weighted by molar-refractivity contribution is 8.00. The number of carbonyl (C=O) groups excluding carboxylic acids is 1. The van der Waals surface area contributed by atoms with Crippen LogP contribution in [0.5, 0.6) is 0 Å². The van der Waals surface area contributed by atoms with Crippen LogP contribution < -0.4 is 0 Å². The van der Waals surface area contributed by atoms with Crippen LogP contribution in [0.25, 0.3) is 16.7 Å². The third-order valence-corrected chi connectivity index (χ3v) is 6.19. The number of nitrogens with zero attached hydrogens (tertiary/aromatic N) is 4. The molecule has 0 aromatic carbocycles. The van der Waals surface area contributed by atoms with E-state index in [1.807, 2.05) is 35.4 Å². The first-order valence-electron chi connectivity index (χ1n) is 9.14. The van der Waals surface area contributed by atoms with Crippen molar-refractivity contribution in [3.8, 4) is 0 Å². The summed E-state index contributed by atoms with van der Waals surface area (Å²) in [6, 6.07) is 7.91. The lowest BCUT2D eigenvalue weighted by Gasteiger charge is -2.37. The average Bonchev–Trinajstić information content (AvgIpc) is 3.37. The molecule has 0 atom stereocenters. The van der Waals surface area contributed by atoms with Crippen LogP contribution in [-0.4, -0.2) is 63.0 Å². The normalized spacial score (nSPS) is 19.3. The summed E-state index contributed by atoms with van der Waals surface area (Å²) in [6.45, 7) is 2.65. The van der Waals surface area contributed by atoms with Crippen LogP contribution in [0.3, 0.4) is 0 Å². The molecular weight excluding hydrogens is 364 g/mol. The zero-order chi connectivity index (χ0) is 18.3. The Morgan fingerprint density at radius 2 is 1.93 bits per heavy atom. The Hall–Kier alpha value is -2.16. The van der Waals surface area contributed by atoms with E-state index >= 15 is 0 Å². The van der Waals surface area contributed by atoms with Crippen LogP contribution in [0.1, 0.15) is 12.8 Å². The van der Waals surface area contributed by atoms with Gasteiger partial charge in [-0.25, -0.2) is 9.97 Å². The molecule has 0 radical (unpaired) electrons. The van der Waals surface area contributed by atoms with Crippen LogP contribution in [-0.2, 0) is 14.3 Å². The summed E-state index contributed by atoms with van der Waals surface area (Å²) in [4.78, 5) is 23.6. The monoisotopic (exact) mass is 384 g/mol. The van der Waals surface area contributed by atoms with Crippen molar-refractivity contribution < 1.29 is 14.3 Å². The van der Waals surface area contributed by atoms with Gasteiger partial charge < -0.3 is 18.8 Å². The lowest BCUT2D eigenvalue weighted by molar-refractivity contribution is -0.186. The molecule has 27 heavy (non-hydrogen) atoms. The van der Waals surface area contributed by atoms with Gasteiger partial charge >= 0.3 is 0 Å². The molecule has 1 spiro atoms. The number of fused-ring (bicyclic) bond motifs is 3. The molecule has 0 aliphatic carbocycles. The Balaban J connectivity index is 1.30. The van der Waals surface area contributed by atoms with Gasteiger partial charge in [-0.15, -0.1) is 0 Å². The van der Waals surface area contributed by atoms with E-state index in [9.17, 15) is 4.79 Å². The Morgan fingerprint density at radius 3 is 2.74 bits per heavy atom. The van der Waals surface area contributed by atoms with Crippen molar-refractivity contribution in [2.75, 3.05) is 32.1 Å². The molecule has 5 rings (SSSR count). The number of hydrogen-bond acceptors (Lipinski definition) is 6. The highest BCUT2D eigenvalue weighted by Gasteiger charge is 2.40. The number of aromatic nitrogens is 3. The number of amides is 1. The molecule has 3 aromatic heterocycles. The summed E-state index contributed by atoms with van der Waals surface area (Å²) in [6.07, 6.45) is 5.22. The second-order valence-corrected chi connectivity index (χ2v) is 7.77. The van der Waals surface area contributed by atoms with Crippen molar-refractivity contribution >= 4 is 34.3 Å². The van der Waals surface area contributed by atoms with Crippen molar-refractivity contribution in [1.82, 2.24) is 19.3 Å². The smallest absolute Gasteiger partial charge is 0.232 e. The fourth-order valence-electron chi connectivity index (χ4n) is 3.79. The molecule has 2 aliphatic heterocycles. The van der Waals surface area contributed by atoms with Gasteiger partial charge in [0.1, 0.15) is 5.03 Å². The second kappa shape index (κ2) is 6.78. The molecule has 7 nitrogen and oxygen atoms in total. The zero-order valence-corrected chi connectivity index (χ0v) is 15.7. The molecule has 1 amide bonds. The van der Waals surface area contributed by atoms with Gasteiger partial charge in [-0.3, -0.25) is 4.79 Å².